The summed E-state index contributed by atoms with van der Waals surface area (Å²) in [7, 11) is 8.05. The third-order valence-corrected chi connectivity index (χ3v) is 9.41. The van der Waals surface area contributed by atoms with E-state index in [1.54, 1.807) is 0 Å². The molecule has 0 aliphatic heterocycles. The van der Waals surface area contributed by atoms with Crippen LogP contribution in [-0.2, 0) is 14.1 Å². The summed E-state index contributed by atoms with van der Waals surface area (Å²) in [4.78, 5) is 4.93. The smallest absolute Gasteiger partial charge is 0.169 e. The van der Waals surface area contributed by atoms with Crippen LogP contribution in [0.3, 0.4) is 0 Å². The van der Waals surface area contributed by atoms with E-state index >= 15 is 0 Å². The van der Waals surface area contributed by atoms with Gasteiger partial charge in [0.15, 0.2) is 12.4 Å². The standard InChI is InChI=1S/C35H43N4S2/c1-5-38(34-15-11-30(12-16-34)7-8-32-19-22-36(3)23-20-32)25-27-40-41-28-26-39(6-2)35-17-13-31(14-18-35)9-10-33-21-24-37(4)29-33/h7-24,29H,5-6,25-28H2,1-4H3/q+1/b10-9+. The van der Waals surface area contributed by atoms with Crippen molar-refractivity contribution in [1.82, 2.24) is 4.57 Å². The minimum Gasteiger partial charge on any atom is -0.371 e. The zero-order valence-corrected chi connectivity index (χ0v) is 26.5. The monoisotopic (exact) mass is 583 g/mol. The van der Waals surface area contributed by atoms with Crippen molar-refractivity contribution in [2.24, 2.45) is 14.1 Å². The van der Waals surface area contributed by atoms with E-state index in [9.17, 15) is 0 Å². The number of aromatic nitrogens is 2. The summed E-state index contributed by atoms with van der Waals surface area (Å²) < 4.78 is 4.12. The summed E-state index contributed by atoms with van der Waals surface area (Å²) >= 11 is 0. The number of nitrogens with zero attached hydrogens (tertiary/aromatic N) is 4. The lowest BCUT2D eigenvalue weighted by Gasteiger charge is -2.24. The molecular weight excluding hydrogens is 541 g/mol. The molecule has 0 fully saturated rings. The van der Waals surface area contributed by atoms with E-state index < -0.39 is 0 Å². The van der Waals surface area contributed by atoms with E-state index in [0.717, 1.165) is 37.7 Å². The normalized spacial score (nSPS) is 11.5. The predicted molar refractivity (Wildman–Crippen MR) is 184 cm³/mol. The van der Waals surface area contributed by atoms with Gasteiger partial charge in [-0.2, -0.15) is 0 Å². The second-order valence-corrected chi connectivity index (χ2v) is 12.8. The topological polar surface area (TPSA) is 15.3 Å². The maximum atomic E-state index is 2.46. The zero-order chi connectivity index (χ0) is 28.9. The molecular formula is C35H43N4S2+. The van der Waals surface area contributed by atoms with Gasteiger partial charge in [0.25, 0.3) is 0 Å². The lowest BCUT2D eigenvalue weighted by molar-refractivity contribution is -0.671. The molecule has 0 unspecified atom stereocenters. The number of anilines is 2. The third kappa shape index (κ3) is 9.91. The largest absolute Gasteiger partial charge is 0.371 e. The zero-order valence-electron chi connectivity index (χ0n) is 24.8. The molecule has 0 N–H and O–H groups in total. The quantitative estimate of drug-likeness (QED) is 0.0802. The van der Waals surface area contributed by atoms with Crippen LogP contribution in [0.5, 0.6) is 0 Å². The van der Waals surface area contributed by atoms with Crippen LogP contribution in [-0.4, -0.2) is 42.3 Å². The average Bonchev–Trinajstić information content (AvgIpc) is 3.43. The first-order valence-electron chi connectivity index (χ1n) is 14.4. The molecule has 2 aromatic carbocycles. The van der Waals surface area contributed by atoms with Crippen LogP contribution in [0.25, 0.3) is 24.3 Å². The Bertz CT molecular complexity index is 1370. The lowest BCUT2D eigenvalue weighted by atomic mass is 10.1. The Morgan fingerprint density at radius 2 is 1.07 bits per heavy atom. The van der Waals surface area contributed by atoms with Gasteiger partial charge in [0.1, 0.15) is 7.05 Å². The maximum Gasteiger partial charge on any atom is 0.169 e. The molecule has 41 heavy (non-hydrogen) atoms. The molecule has 0 bridgehead atoms. The average molecular weight is 584 g/mol. The van der Waals surface area contributed by atoms with Gasteiger partial charge in [-0.1, -0.05) is 70.2 Å². The minimum absolute atomic E-state index is 1.02. The van der Waals surface area contributed by atoms with Gasteiger partial charge < -0.3 is 14.4 Å². The van der Waals surface area contributed by atoms with Crippen LogP contribution in [0.15, 0.2) is 91.5 Å². The van der Waals surface area contributed by atoms with Crippen molar-refractivity contribution in [3.8, 4) is 0 Å². The van der Waals surface area contributed by atoms with E-state index in [2.05, 4.69) is 144 Å². The maximum absolute atomic E-state index is 2.46. The van der Waals surface area contributed by atoms with Crippen molar-refractivity contribution < 1.29 is 4.57 Å². The first-order chi connectivity index (χ1) is 20.0. The summed E-state index contributed by atoms with van der Waals surface area (Å²) in [5.41, 5.74) is 7.48. The van der Waals surface area contributed by atoms with Gasteiger partial charge in [-0.3, -0.25) is 0 Å². The third-order valence-electron chi connectivity index (χ3n) is 7.05. The molecule has 0 spiro atoms. The van der Waals surface area contributed by atoms with E-state index in [1.807, 2.05) is 40.3 Å². The molecule has 0 aliphatic carbocycles. The SMILES string of the molecule is CCN(CCSSCCN(CC)c1ccc(/C=C/c2ccn(C)c2)cc1)c1ccc(/C=C/c2cc[n+](C)cc2)cc1. The predicted octanol–water partition coefficient (Wildman–Crippen LogP) is 7.92. The number of benzene rings is 2. The Hall–Kier alpha value is -3.35. The number of hydrogen-bond donors (Lipinski definition) is 0. The van der Waals surface area contributed by atoms with Crippen molar-refractivity contribution in [2.75, 3.05) is 47.5 Å². The van der Waals surface area contributed by atoms with Gasteiger partial charge in [0.2, 0.25) is 0 Å². The van der Waals surface area contributed by atoms with E-state index in [-0.39, 0.29) is 0 Å². The summed E-state index contributed by atoms with van der Waals surface area (Å²) in [6, 6.07) is 24.2. The highest BCUT2D eigenvalue weighted by molar-refractivity contribution is 8.76. The van der Waals surface area contributed by atoms with Crippen LogP contribution in [0, 0.1) is 0 Å². The fourth-order valence-corrected chi connectivity index (χ4v) is 6.56. The van der Waals surface area contributed by atoms with Gasteiger partial charge in [0, 0.05) is 80.6 Å². The molecule has 214 valence electrons. The van der Waals surface area contributed by atoms with Gasteiger partial charge in [0.05, 0.1) is 0 Å². The second-order valence-electron chi connectivity index (χ2n) is 10.1. The first-order valence-corrected chi connectivity index (χ1v) is 16.9. The number of hydrogen-bond acceptors (Lipinski definition) is 4. The molecule has 0 amide bonds. The van der Waals surface area contributed by atoms with Gasteiger partial charge >= 0.3 is 0 Å². The van der Waals surface area contributed by atoms with Crippen LogP contribution in [0.4, 0.5) is 11.4 Å². The molecule has 2 aromatic heterocycles. The highest BCUT2D eigenvalue weighted by Crippen LogP contribution is 2.24. The van der Waals surface area contributed by atoms with Gasteiger partial charge in [-0.15, -0.1) is 0 Å². The molecule has 0 saturated heterocycles. The Balaban J connectivity index is 1.16. The Morgan fingerprint density at radius 1 is 0.634 bits per heavy atom. The molecule has 4 aromatic rings. The van der Waals surface area contributed by atoms with E-state index in [4.69, 9.17) is 0 Å². The fourth-order valence-electron chi connectivity index (χ4n) is 4.58. The highest BCUT2D eigenvalue weighted by atomic mass is 33.1. The second kappa shape index (κ2) is 16.2. The van der Waals surface area contributed by atoms with Crippen LogP contribution >= 0.6 is 21.6 Å². The summed E-state index contributed by atoms with van der Waals surface area (Å²) in [5, 5.41) is 0. The van der Waals surface area contributed by atoms with E-state index in [1.165, 1.54) is 33.6 Å². The first kappa shape index (κ1) is 30.6. The van der Waals surface area contributed by atoms with Crippen LogP contribution in [0.2, 0.25) is 0 Å². The van der Waals surface area contributed by atoms with Gasteiger partial charge in [-0.05, 0) is 66.4 Å². The molecule has 4 nitrogen and oxygen atoms in total. The Kier molecular flexibility index (Phi) is 12.1. The summed E-state index contributed by atoms with van der Waals surface area (Å²) in [5.74, 6) is 2.22. The van der Waals surface area contributed by atoms with Crippen molar-refractivity contribution in [1.29, 1.82) is 0 Å². The van der Waals surface area contributed by atoms with Crippen molar-refractivity contribution in [2.45, 2.75) is 13.8 Å². The molecule has 0 radical (unpaired) electrons. The van der Waals surface area contributed by atoms with Gasteiger partial charge in [-0.25, -0.2) is 4.57 Å². The number of aryl methyl sites for hydroxylation is 2. The molecule has 0 aliphatic rings. The van der Waals surface area contributed by atoms with Crippen LogP contribution in [0.1, 0.15) is 36.1 Å². The van der Waals surface area contributed by atoms with Crippen LogP contribution < -0.4 is 14.4 Å². The van der Waals surface area contributed by atoms with E-state index in [0.29, 0.717) is 0 Å². The highest BCUT2D eigenvalue weighted by Gasteiger charge is 2.07. The molecule has 2 heterocycles. The number of pyridine rings is 1. The summed E-state index contributed by atoms with van der Waals surface area (Å²) in [6.07, 6.45) is 17.0. The molecule has 0 saturated carbocycles. The number of rotatable bonds is 15. The van der Waals surface area contributed by atoms with Crippen molar-refractivity contribution >= 4 is 57.3 Å². The Labute approximate surface area is 254 Å². The fraction of sp³-hybridized carbons (Fsp3) is 0.286. The lowest BCUT2D eigenvalue weighted by Crippen LogP contribution is -2.26. The Morgan fingerprint density at radius 3 is 1.49 bits per heavy atom. The molecule has 0 atom stereocenters. The summed E-state index contributed by atoms with van der Waals surface area (Å²) in [6.45, 7) is 8.62. The molecule has 4 rings (SSSR count). The van der Waals surface area contributed by atoms with Crippen molar-refractivity contribution in [3.63, 3.8) is 0 Å². The minimum atomic E-state index is 1.02. The van der Waals surface area contributed by atoms with Crippen molar-refractivity contribution in [3.05, 3.63) is 114 Å². The molecule has 6 heteroatoms.